The summed E-state index contributed by atoms with van der Waals surface area (Å²) in [6, 6.07) is 20.3. The Hall–Kier alpha value is -4.64. The summed E-state index contributed by atoms with van der Waals surface area (Å²) in [6.45, 7) is 5.34. The molecule has 0 spiro atoms. The first kappa shape index (κ1) is 28.4. The standard InChI is InChI=1S/C29H28N4O6S/c1-3-31(4-2)23-14-13-21(15-26-28(35)32(29(36)40-26)18-20-9-6-5-7-10-20)25(17-23)39-19-27(34)30-22-11-8-12-24(16-22)33(37)38/h5-17H,3-4,18-19H2,1-2H3,(H,30,34)/b26-15-. The summed E-state index contributed by atoms with van der Waals surface area (Å²) in [6.07, 6.45) is 1.59. The number of hydrogen-bond donors (Lipinski definition) is 1. The van der Waals surface area contributed by atoms with Crippen LogP contribution in [0.15, 0.2) is 77.7 Å². The number of non-ortho nitro benzene ring substituents is 1. The van der Waals surface area contributed by atoms with Gasteiger partial charge in [-0.05, 0) is 55.4 Å². The lowest BCUT2D eigenvalue weighted by Gasteiger charge is -2.22. The Morgan fingerprint density at radius 2 is 1.80 bits per heavy atom. The van der Waals surface area contributed by atoms with E-state index in [9.17, 15) is 24.5 Å². The van der Waals surface area contributed by atoms with Gasteiger partial charge in [-0.15, -0.1) is 0 Å². The van der Waals surface area contributed by atoms with Crippen LogP contribution in [0, 0.1) is 10.1 Å². The van der Waals surface area contributed by atoms with E-state index < -0.39 is 16.7 Å². The van der Waals surface area contributed by atoms with Crippen LogP contribution in [0.1, 0.15) is 25.0 Å². The number of carbonyl (C=O) groups is 3. The van der Waals surface area contributed by atoms with Gasteiger partial charge < -0.3 is 15.0 Å². The highest BCUT2D eigenvalue weighted by Gasteiger charge is 2.35. The number of ether oxygens (including phenoxy) is 1. The molecule has 3 aromatic rings. The Kier molecular flexibility index (Phi) is 9.18. The number of imide groups is 1. The molecule has 0 aromatic heterocycles. The summed E-state index contributed by atoms with van der Waals surface area (Å²) in [5.74, 6) is -0.558. The fourth-order valence-electron chi connectivity index (χ4n) is 4.13. The molecule has 0 bridgehead atoms. The van der Waals surface area contributed by atoms with Gasteiger partial charge in [-0.2, -0.15) is 0 Å². The molecule has 1 N–H and O–H groups in total. The van der Waals surface area contributed by atoms with Crippen molar-refractivity contribution in [2.24, 2.45) is 0 Å². The molecule has 0 unspecified atom stereocenters. The largest absolute Gasteiger partial charge is 0.483 e. The molecule has 4 rings (SSSR count). The molecule has 10 nitrogen and oxygen atoms in total. The Balaban J connectivity index is 1.55. The number of carbonyl (C=O) groups excluding carboxylic acids is 3. The third-order valence-corrected chi connectivity index (χ3v) is 7.08. The minimum absolute atomic E-state index is 0.144. The second kappa shape index (κ2) is 12.9. The van der Waals surface area contributed by atoms with Crippen LogP contribution >= 0.6 is 11.8 Å². The van der Waals surface area contributed by atoms with Crippen molar-refractivity contribution in [1.82, 2.24) is 4.90 Å². The Morgan fingerprint density at radius 3 is 2.50 bits per heavy atom. The van der Waals surface area contributed by atoms with Gasteiger partial charge in [0.15, 0.2) is 6.61 Å². The molecule has 40 heavy (non-hydrogen) atoms. The molecule has 0 aliphatic carbocycles. The number of thioether (sulfide) groups is 1. The van der Waals surface area contributed by atoms with Crippen LogP contribution < -0.4 is 15.0 Å². The third kappa shape index (κ3) is 6.86. The predicted molar refractivity (Wildman–Crippen MR) is 155 cm³/mol. The number of rotatable bonds is 11. The predicted octanol–water partition coefficient (Wildman–Crippen LogP) is 5.70. The Labute approximate surface area is 235 Å². The van der Waals surface area contributed by atoms with E-state index in [0.29, 0.717) is 11.3 Å². The van der Waals surface area contributed by atoms with Crippen molar-refractivity contribution >= 4 is 52.0 Å². The molecule has 1 aliphatic rings. The zero-order chi connectivity index (χ0) is 28.6. The SMILES string of the molecule is CCN(CC)c1ccc(/C=C2\SC(=O)N(Cc3ccccc3)C2=O)c(OCC(=O)Nc2cccc([N+](=O)[O-])c2)c1. The number of nitro benzene ring substituents is 1. The molecule has 0 atom stereocenters. The van der Waals surface area contributed by atoms with Gasteiger partial charge in [0.1, 0.15) is 5.75 Å². The van der Waals surface area contributed by atoms with E-state index in [1.165, 1.54) is 23.1 Å². The first-order valence-corrected chi connectivity index (χ1v) is 13.5. The van der Waals surface area contributed by atoms with Crippen molar-refractivity contribution in [3.05, 3.63) is 98.9 Å². The van der Waals surface area contributed by atoms with Gasteiger partial charge in [-0.25, -0.2) is 0 Å². The fourth-order valence-corrected chi connectivity index (χ4v) is 4.96. The molecular weight excluding hydrogens is 532 g/mol. The van der Waals surface area contributed by atoms with Crippen LogP contribution in [0.25, 0.3) is 6.08 Å². The summed E-state index contributed by atoms with van der Waals surface area (Å²) in [5, 5.41) is 13.3. The zero-order valence-electron chi connectivity index (χ0n) is 22.0. The highest BCUT2D eigenvalue weighted by Crippen LogP contribution is 2.36. The number of benzene rings is 3. The highest BCUT2D eigenvalue weighted by molar-refractivity contribution is 8.18. The average Bonchev–Trinajstić information content (AvgIpc) is 3.21. The molecular formula is C29H28N4O6S. The summed E-state index contributed by atoms with van der Waals surface area (Å²) < 4.78 is 5.89. The third-order valence-electron chi connectivity index (χ3n) is 6.17. The molecule has 0 saturated carbocycles. The lowest BCUT2D eigenvalue weighted by molar-refractivity contribution is -0.384. The van der Waals surface area contributed by atoms with Gasteiger partial charge in [0.2, 0.25) is 0 Å². The monoisotopic (exact) mass is 560 g/mol. The van der Waals surface area contributed by atoms with Crippen LogP contribution in [-0.2, 0) is 16.1 Å². The number of nitrogens with zero attached hydrogens (tertiary/aromatic N) is 3. The quantitative estimate of drug-likeness (QED) is 0.180. The molecule has 1 aliphatic heterocycles. The molecule has 206 valence electrons. The molecule has 1 fully saturated rings. The summed E-state index contributed by atoms with van der Waals surface area (Å²) >= 11 is 0.852. The van der Waals surface area contributed by atoms with Crippen molar-refractivity contribution in [2.75, 3.05) is 29.9 Å². The van der Waals surface area contributed by atoms with E-state index in [4.69, 9.17) is 4.74 Å². The van der Waals surface area contributed by atoms with Crippen LogP contribution in [-0.4, -0.2) is 46.6 Å². The molecule has 0 radical (unpaired) electrons. The van der Waals surface area contributed by atoms with E-state index in [-0.39, 0.29) is 34.7 Å². The normalized spacial score (nSPS) is 13.9. The number of amides is 3. The van der Waals surface area contributed by atoms with Gasteiger partial charge in [0.05, 0.1) is 16.4 Å². The van der Waals surface area contributed by atoms with E-state index >= 15 is 0 Å². The zero-order valence-corrected chi connectivity index (χ0v) is 22.8. The minimum Gasteiger partial charge on any atom is -0.483 e. The molecule has 1 heterocycles. The topological polar surface area (TPSA) is 122 Å². The van der Waals surface area contributed by atoms with Crippen molar-refractivity contribution in [3.8, 4) is 5.75 Å². The van der Waals surface area contributed by atoms with Gasteiger partial charge >= 0.3 is 0 Å². The maximum absolute atomic E-state index is 13.1. The molecule has 1 saturated heterocycles. The Bertz CT molecular complexity index is 1460. The smallest absolute Gasteiger partial charge is 0.293 e. The van der Waals surface area contributed by atoms with Crippen molar-refractivity contribution in [1.29, 1.82) is 0 Å². The maximum atomic E-state index is 13.1. The van der Waals surface area contributed by atoms with Gasteiger partial charge in [-0.1, -0.05) is 36.4 Å². The molecule has 3 amide bonds. The maximum Gasteiger partial charge on any atom is 0.293 e. The summed E-state index contributed by atoms with van der Waals surface area (Å²) in [5.41, 5.74) is 2.37. The van der Waals surface area contributed by atoms with E-state index in [1.54, 1.807) is 24.3 Å². The van der Waals surface area contributed by atoms with Crippen LogP contribution in [0.2, 0.25) is 0 Å². The van der Waals surface area contributed by atoms with E-state index in [2.05, 4.69) is 10.2 Å². The molecule has 11 heteroatoms. The van der Waals surface area contributed by atoms with Crippen LogP contribution in [0.3, 0.4) is 0 Å². The number of anilines is 2. The number of hydrogen-bond acceptors (Lipinski definition) is 8. The second-order valence-electron chi connectivity index (χ2n) is 8.79. The van der Waals surface area contributed by atoms with Crippen molar-refractivity contribution < 1.29 is 24.0 Å². The van der Waals surface area contributed by atoms with Gasteiger partial charge in [0, 0.05) is 48.2 Å². The van der Waals surface area contributed by atoms with E-state index in [0.717, 1.165) is 36.1 Å². The van der Waals surface area contributed by atoms with Crippen molar-refractivity contribution in [2.45, 2.75) is 20.4 Å². The van der Waals surface area contributed by atoms with Crippen LogP contribution in [0.5, 0.6) is 5.75 Å². The Morgan fingerprint density at radius 1 is 1.05 bits per heavy atom. The highest BCUT2D eigenvalue weighted by atomic mass is 32.2. The van der Waals surface area contributed by atoms with Crippen molar-refractivity contribution in [3.63, 3.8) is 0 Å². The summed E-state index contributed by atoms with van der Waals surface area (Å²) in [7, 11) is 0. The second-order valence-corrected chi connectivity index (χ2v) is 9.79. The van der Waals surface area contributed by atoms with Gasteiger partial charge in [-0.3, -0.25) is 29.4 Å². The average molecular weight is 561 g/mol. The first-order chi connectivity index (χ1) is 19.3. The number of nitro groups is 1. The first-order valence-electron chi connectivity index (χ1n) is 12.6. The van der Waals surface area contributed by atoms with Crippen LogP contribution in [0.4, 0.5) is 21.9 Å². The van der Waals surface area contributed by atoms with E-state index in [1.807, 2.05) is 50.2 Å². The lowest BCUT2D eigenvalue weighted by Crippen LogP contribution is -2.27. The van der Waals surface area contributed by atoms with Gasteiger partial charge in [0.25, 0.3) is 22.7 Å². The summed E-state index contributed by atoms with van der Waals surface area (Å²) in [4.78, 5) is 52.4. The molecule has 3 aromatic carbocycles. The minimum atomic E-state index is -0.543. The fraction of sp³-hybridized carbons (Fsp3) is 0.207. The number of nitrogens with one attached hydrogen (secondary N) is 1. The lowest BCUT2D eigenvalue weighted by atomic mass is 10.1.